The van der Waals surface area contributed by atoms with Crippen LogP contribution < -0.4 is 66.6 Å². The Bertz CT molecular complexity index is 1040. The first kappa shape index (κ1) is 26.7. The number of rotatable bonds is 9. The summed E-state index contributed by atoms with van der Waals surface area (Å²) in [7, 11) is 3.95. The number of nitrogens with zero attached hydrogens (tertiary/aromatic N) is 6. The fourth-order valence-electron chi connectivity index (χ4n) is 2.90. The molecule has 0 saturated carbocycles. The molecule has 4 rings (SSSR count). The average Bonchev–Trinajstić information content (AvgIpc) is 3.40. The molecule has 4 aromatic heterocycles. The van der Waals surface area contributed by atoms with Gasteiger partial charge in [0.2, 0.25) is 0 Å². The Labute approximate surface area is 229 Å². The van der Waals surface area contributed by atoms with Gasteiger partial charge in [0.1, 0.15) is 14.1 Å². The SMILES string of the molecule is C[n+]1cccc(-c2nsnc2OCCCCOc2nsnc2-c2ccc[n+](C)c2)c1.[I-].[I-]. The molecule has 0 aliphatic carbocycles. The summed E-state index contributed by atoms with van der Waals surface area (Å²) in [4.78, 5) is 0. The highest BCUT2D eigenvalue weighted by atomic mass is 127. The molecule has 0 amide bonds. The first-order chi connectivity index (χ1) is 14.7. The lowest BCUT2D eigenvalue weighted by Gasteiger charge is -2.06. The van der Waals surface area contributed by atoms with Crippen molar-refractivity contribution in [1.29, 1.82) is 0 Å². The average molecular weight is 696 g/mol. The van der Waals surface area contributed by atoms with Gasteiger partial charge in [-0.25, -0.2) is 9.13 Å². The van der Waals surface area contributed by atoms with Crippen molar-refractivity contribution < 1.29 is 66.6 Å². The molecule has 12 heteroatoms. The first-order valence-electron chi connectivity index (χ1n) is 9.53. The molecule has 0 aliphatic heterocycles. The lowest BCUT2D eigenvalue weighted by Crippen LogP contribution is -3.00. The van der Waals surface area contributed by atoms with E-state index in [4.69, 9.17) is 9.47 Å². The maximum absolute atomic E-state index is 5.86. The lowest BCUT2D eigenvalue weighted by molar-refractivity contribution is -0.671. The van der Waals surface area contributed by atoms with Gasteiger partial charge in [-0.05, 0) is 25.0 Å². The van der Waals surface area contributed by atoms with Gasteiger partial charge < -0.3 is 57.4 Å². The fraction of sp³-hybridized carbons (Fsp3) is 0.300. The van der Waals surface area contributed by atoms with Crippen LogP contribution in [0.4, 0.5) is 0 Å². The monoisotopic (exact) mass is 696 g/mol. The van der Waals surface area contributed by atoms with Crippen molar-refractivity contribution >= 4 is 23.5 Å². The second kappa shape index (κ2) is 13.3. The van der Waals surface area contributed by atoms with Crippen molar-refractivity contribution in [3.05, 3.63) is 49.1 Å². The zero-order valence-electron chi connectivity index (χ0n) is 17.5. The topological polar surface area (TPSA) is 77.8 Å². The first-order valence-corrected chi connectivity index (χ1v) is 11.0. The molecule has 0 spiro atoms. The predicted molar refractivity (Wildman–Crippen MR) is 113 cm³/mol. The Morgan fingerprint density at radius 3 is 1.56 bits per heavy atom. The zero-order valence-corrected chi connectivity index (χ0v) is 23.5. The third kappa shape index (κ3) is 6.99. The van der Waals surface area contributed by atoms with Gasteiger partial charge in [0.15, 0.2) is 36.2 Å². The van der Waals surface area contributed by atoms with Gasteiger partial charge in [-0.3, -0.25) is 0 Å². The van der Waals surface area contributed by atoms with E-state index in [0.29, 0.717) is 25.0 Å². The van der Waals surface area contributed by atoms with Gasteiger partial charge in [0.25, 0.3) is 11.8 Å². The van der Waals surface area contributed by atoms with Gasteiger partial charge >= 0.3 is 0 Å². The van der Waals surface area contributed by atoms with Crippen molar-refractivity contribution in [1.82, 2.24) is 17.5 Å². The molecule has 170 valence electrons. The van der Waals surface area contributed by atoms with Crippen LogP contribution in [0.3, 0.4) is 0 Å². The third-order valence-corrected chi connectivity index (χ3v) is 5.38. The molecule has 4 aromatic rings. The van der Waals surface area contributed by atoms with E-state index in [1.165, 1.54) is 0 Å². The van der Waals surface area contributed by atoms with E-state index in [2.05, 4.69) is 17.5 Å². The molecule has 4 heterocycles. The van der Waals surface area contributed by atoms with Crippen molar-refractivity contribution in [2.75, 3.05) is 13.2 Å². The van der Waals surface area contributed by atoms with Crippen molar-refractivity contribution in [3.63, 3.8) is 0 Å². The molecule has 32 heavy (non-hydrogen) atoms. The lowest BCUT2D eigenvalue weighted by atomic mass is 10.2. The summed E-state index contributed by atoms with van der Waals surface area (Å²) in [6.45, 7) is 1.11. The second-order valence-electron chi connectivity index (χ2n) is 6.76. The van der Waals surface area contributed by atoms with E-state index in [9.17, 15) is 0 Å². The Morgan fingerprint density at radius 2 is 1.16 bits per heavy atom. The quantitative estimate of drug-likeness (QED) is 0.103. The Balaban J connectivity index is 0.00000181. The summed E-state index contributed by atoms with van der Waals surface area (Å²) in [6, 6.07) is 7.97. The largest absolute Gasteiger partial charge is 1.00 e. The molecule has 0 N–H and O–H groups in total. The van der Waals surface area contributed by atoms with Crippen LogP contribution in [0.2, 0.25) is 0 Å². The Kier molecular flexibility index (Phi) is 11.1. The van der Waals surface area contributed by atoms with Crippen LogP contribution in [0.15, 0.2) is 49.1 Å². The molecule has 0 fully saturated rings. The highest BCUT2D eigenvalue weighted by Gasteiger charge is 2.15. The third-order valence-electron chi connectivity index (χ3n) is 4.36. The van der Waals surface area contributed by atoms with Gasteiger partial charge in [0.05, 0.1) is 47.8 Å². The summed E-state index contributed by atoms with van der Waals surface area (Å²) in [5.41, 5.74) is 3.54. The smallest absolute Gasteiger partial charge is 0.254 e. The van der Waals surface area contributed by atoms with Crippen molar-refractivity contribution in [2.45, 2.75) is 12.8 Å². The molecule has 0 bridgehead atoms. The standard InChI is InChI=1S/C20H22N6O2S2.2HI/c1-25-9-5-7-15(13-25)17-19(23-29-21-17)27-11-3-4-12-28-20-18(22-30-24-20)16-8-6-10-26(2)14-16;;/h5-10,13-14H,3-4,11-12H2,1-2H3;2*1H/q+2;;/p-2. The number of aryl methyl sites for hydroxylation is 2. The van der Waals surface area contributed by atoms with Crippen LogP contribution in [0.1, 0.15) is 12.8 Å². The van der Waals surface area contributed by atoms with Crippen LogP contribution in [-0.2, 0) is 14.1 Å². The highest BCUT2D eigenvalue weighted by Crippen LogP contribution is 2.28. The number of pyridine rings is 2. The molecule has 0 saturated heterocycles. The van der Waals surface area contributed by atoms with Gasteiger partial charge in [-0.15, -0.1) is 8.75 Å². The molecule has 0 unspecified atom stereocenters. The Morgan fingerprint density at radius 1 is 0.719 bits per heavy atom. The highest BCUT2D eigenvalue weighted by molar-refractivity contribution is 6.99. The molecular weight excluding hydrogens is 674 g/mol. The second-order valence-corrected chi connectivity index (χ2v) is 7.81. The van der Waals surface area contributed by atoms with Gasteiger partial charge in [0, 0.05) is 12.1 Å². The van der Waals surface area contributed by atoms with E-state index < -0.39 is 0 Å². The number of ether oxygens (including phenoxy) is 2. The van der Waals surface area contributed by atoms with Crippen molar-refractivity contribution in [2.24, 2.45) is 14.1 Å². The number of halogens is 2. The number of hydrogen-bond acceptors (Lipinski definition) is 8. The maximum atomic E-state index is 5.86. The fourth-order valence-corrected chi connectivity index (χ4v) is 3.94. The van der Waals surface area contributed by atoms with E-state index in [1.54, 1.807) is 0 Å². The zero-order chi connectivity index (χ0) is 20.8. The van der Waals surface area contributed by atoms with E-state index in [0.717, 1.165) is 58.8 Å². The summed E-state index contributed by atoms with van der Waals surface area (Å²) in [5, 5.41) is 0. The number of aromatic nitrogens is 6. The minimum atomic E-state index is 0. The molecule has 0 aromatic carbocycles. The van der Waals surface area contributed by atoms with Crippen LogP contribution in [-0.4, -0.2) is 30.7 Å². The van der Waals surface area contributed by atoms with Crippen LogP contribution in [0, 0.1) is 0 Å². The normalized spacial score (nSPS) is 10.2. The summed E-state index contributed by atoms with van der Waals surface area (Å²) in [5.74, 6) is 1.16. The number of hydrogen-bond donors (Lipinski definition) is 0. The van der Waals surface area contributed by atoms with Crippen LogP contribution in [0.25, 0.3) is 22.5 Å². The molecule has 8 nitrogen and oxygen atoms in total. The minimum absolute atomic E-state index is 0. The van der Waals surface area contributed by atoms with Crippen LogP contribution in [0.5, 0.6) is 11.8 Å². The Hall–Kier alpha value is -1.52. The van der Waals surface area contributed by atoms with E-state index in [-0.39, 0.29) is 48.0 Å². The number of unbranched alkanes of at least 4 members (excludes halogenated alkanes) is 1. The predicted octanol–water partition coefficient (Wildman–Crippen LogP) is -3.38. The summed E-state index contributed by atoms with van der Waals surface area (Å²) >= 11 is 2.32. The molecule has 0 radical (unpaired) electrons. The van der Waals surface area contributed by atoms with Gasteiger partial charge in [-0.2, -0.15) is 8.75 Å². The van der Waals surface area contributed by atoms with Gasteiger partial charge in [-0.1, -0.05) is 0 Å². The minimum Gasteiger partial charge on any atom is -1.00 e. The molecular formula is C20H22I2N6O2S2. The van der Waals surface area contributed by atoms with E-state index >= 15 is 0 Å². The van der Waals surface area contributed by atoms with Crippen molar-refractivity contribution in [3.8, 4) is 34.3 Å². The maximum Gasteiger partial charge on any atom is 0.254 e. The van der Waals surface area contributed by atoms with E-state index in [1.807, 2.05) is 72.3 Å². The molecule has 0 aliphatic rings. The van der Waals surface area contributed by atoms with Crippen LogP contribution >= 0.6 is 23.5 Å². The summed E-state index contributed by atoms with van der Waals surface area (Å²) < 4.78 is 33.0. The molecule has 0 atom stereocenters. The summed E-state index contributed by atoms with van der Waals surface area (Å²) in [6.07, 6.45) is 9.64.